The first-order valence-electron chi connectivity index (χ1n) is 5.02. The number of aromatic nitrogens is 2. The van der Waals surface area contributed by atoms with Crippen LogP contribution >= 0.6 is 0 Å². The standard InChI is InChI=1S/C9H18N4O2S/c1-10-4-5-16(14,15)13(3)8-9-6-11-12(2)7-9/h6-7,10H,4-5,8H2,1-3H3. The molecule has 7 heteroatoms. The number of sulfonamides is 1. The van der Waals surface area contributed by atoms with Crippen LogP contribution in [0.4, 0.5) is 0 Å². The molecule has 0 amide bonds. The molecule has 6 nitrogen and oxygen atoms in total. The predicted molar refractivity (Wildman–Crippen MR) is 62.4 cm³/mol. The van der Waals surface area contributed by atoms with E-state index in [1.807, 2.05) is 6.20 Å². The van der Waals surface area contributed by atoms with Gasteiger partial charge in [-0.05, 0) is 7.05 Å². The molecule has 1 aromatic heterocycles. The average molecular weight is 246 g/mol. The van der Waals surface area contributed by atoms with Gasteiger partial charge in [-0.25, -0.2) is 12.7 Å². The van der Waals surface area contributed by atoms with Crippen molar-refractivity contribution >= 4 is 10.0 Å². The van der Waals surface area contributed by atoms with E-state index in [-0.39, 0.29) is 5.75 Å². The molecule has 0 radical (unpaired) electrons. The van der Waals surface area contributed by atoms with Gasteiger partial charge in [0.15, 0.2) is 0 Å². The summed E-state index contributed by atoms with van der Waals surface area (Å²) in [5.74, 6) is 0.111. The van der Waals surface area contributed by atoms with E-state index in [0.717, 1.165) is 5.56 Å². The van der Waals surface area contributed by atoms with E-state index in [1.54, 1.807) is 32.0 Å². The summed E-state index contributed by atoms with van der Waals surface area (Å²) >= 11 is 0. The van der Waals surface area contributed by atoms with Gasteiger partial charge >= 0.3 is 0 Å². The molecular formula is C9H18N4O2S. The summed E-state index contributed by atoms with van der Waals surface area (Å²) in [6.07, 6.45) is 3.48. The van der Waals surface area contributed by atoms with Gasteiger partial charge in [-0.1, -0.05) is 0 Å². The van der Waals surface area contributed by atoms with Crippen LogP contribution in [0.25, 0.3) is 0 Å². The zero-order valence-corrected chi connectivity index (χ0v) is 10.7. The van der Waals surface area contributed by atoms with Crippen LogP contribution in [0.15, 0.2) is 12.4 Å². The Morgan fingerprint density at radius 1 is 1.56 bits per heavy atom. The first-order chi connectivity index (χ1) is 7.45. The summed E-state index contributed by atoms with van der Waals surface area (Å²) in [7, 11) is 1.94. The smallest absolute Gasteiger partial charge is 0.215 e. The maximum atomic E-state index is 11.8. The van der Waals surface area contributed by atoms with E-state index < -0.39 is 10.0 Å². The minimum absolute atomic E-state index is 0.111. The van der Waals surface area contributed by atoms with E-state index in [9.17, 15) is 8.42 Å². The molecule has 0 spiro atoms. The Hall–Kier alpha value is -0.920. The van der Waals surface area contributed by atoms with E-state index in [2.05, 4.69) is 10.4 Å². The Morgan fingerprint density at radius 3 is 2.75 bits per heavy atom. The molecule has 16 heavy (non-hydrogen) atoms. The fraction of sp³-hybridized carbons (Fsp3) is 0.667. The predicted octanol–water partition coefficient (Wildman–Crippen LogP) is -0.599. The van der Waals surface area contributed by atoms with Crippen molar-refractivity contribution in [3.63, 3.8) is 0 Å². The van der Waals surface area contributed by atoms with Gasteiger partial charge in [-0.2, -0.15) is 5.10 Å². The van der Waals surface area contributed by atoms with Gasteiger partial charge in [0.05, 0.1) is 11.9 Å². The van der Waals surface area contributed by atoms with Gasteiger partial charge in [-0.3, -0.25) is 4.68 Å². The van der Waals surface area contributed by atoms with Crippen molar-refractivity contribution in [3.05, 3.63) is 18.0 Å². The normalized spacial score (nSPS) is 12.2. The maximum absolute atomic E-state index is 11.8. The van der Waals surface area contributed by atoms with Crippen LogP contribution in [0.3, 0.4) is 0 Å². The van der Waals surface area contributed by atoms with Gasteiger partial charge in [0.1, 0.15) is 0 Å². The molecule has 92 valence electrons. The summed E-state index contributed by atoms with van der Waals surface area (Å²) < 4.78 is 26.5. The second-order valence-corrected chi connectivity index (χ2v) is 5.89. The third kappa shape index (κ3) is 3.58. The second kappa shape index (κ2) is 5.42. The number of hydrogen-bond acceptors (Lipinski definition) is 4. The van der Waals surface area contributed by atoms with Crippen LogP contribution < -0.4 is 5.32 Å². The van der Waals surface area contributed by atoms with Crippen molar-refractivity contribution in [2.24, 2.45) is 7.05 Å². The molecule has 0 aliphatic carbocycles. The molecule has 0 unspecified atom stereocenters. The molecular weight excluding hydrogens is 228 g/mol. The minimum atomic E-state index is -3.18. The number of aryl methyl sites for hydroxylation is 1. The third-order valence-corrected chi connectivity index (χ3v) is 4.05. The fourth-order valence-corrected chi connectivity index (χ4v) is 2.42. The molecule has 0 bridgehead atoms. The molecule has 1 aromatic rings. The highest BCUT2D eigenvalue weighted by molar-refractivity contribution is 7.89. The minimum Gasteiger partial charge on any atom is -0.319 e. The number of nitrogens with zero attached hydrogens (tertiary/aromatic N) is 3. The zero-order valence-electron chi connectivity index (χ0n) is 9.84. The molecule has 0 aliphatic rings. The topological polar surface area (TPSA) is 67.2 Å². The summed E-state index contributed by atoms with van der Waals surface area (Å²) in [5, 5.41) is 6.82. The molecule has 0 saturated heterocycles. The molecule has 0 aromatic carbocycles. The number of hydrogen-bond donors (Lipinski definition) is 1. The summed E-state index contributed by atoms with van der Waals surface area (Å²) in [5.41, 5.74) is 0.887. The van der Waals surface area contributed by atoms with Crippen LogP contribution in [0, 0.1) is 0 Å². The Kier molecular flexibility index (Phi) is 4.45. The first-order valence-corrected chi connectivity index (χ1v) is 6.63. The lowest BCUT2D eigenvalue weighted by Crippen LogP contribution is -2.32. The average Bonchev–Trinajstić information content (AvgIpc) is 2.61. The lowest BCUT2D eigenvalue weighted by molar-refractivity contribution is 0.465. The van der Waals surface area contributed by atoms with Crippen molar-refractivity contribution < 1.29 is 8.42 Å². The molecule has 0 fully saturated rings. The van der Waals surface area contributed by atoms with Crippen molar-refractivity contribution in [3.8, 4) is 0 Å². The third-order valence-electron chi connectivity index (χ3n) is 2.25. The molecule has 1 heterocycles. The van der Waals surface area contributed by atoms with E-state index in [4.69, 9.17) is 0 Å². The van der Waals surface area contributed by atoms with Gasteiger partial charge in [-0.15, -0.1) is 0 Å². The van der Waals surface area contributed by atoms with Crippen molar-refractivity contribution in [1.82, 2.24) is 19.4 Å². The maximum Gasteiger partial charge on any atom is 0.215 e. The fourth-order valence-electron chi connectivity index (χ4n) is 1.30. The molecule has 0 atom stereocenters. The van der Waals surface area contributed by atoms with Crippen LogP contribution in [-0.2, 0) is 23.6 Å². The summed E-state index contributed by atoms with van der Waals surface area (Å²) in [4.78, 5) is 0. The lowest BCUT2D eigenvalue weighted by Gasteiger charge is -2.15. The van der Waals surface area contributed by atoms with Gasteiger partial charge in [0.25, 0.3) is 0 Å². The molecule has 0 aliphatic heterocycles. The molecule has 0 saturated carbocycles. The Balaban J connectivity index is 2.61. The summed E-state index contributed by atoms with van der Waals surface area (Å²) in [6.45, 7) is 0.819. The first kappa shape index (κ1) is 13.1. The van der Waals surface area contributed by atoms with Gasteiger partial charge in [0.2, 0.25) is 10.0 Å². The van der Waals surface area contributed by atoms with Gasteiger partial charge in [0, 0.05) is 38.9 Å². The molecule has 1 N–H and O–H groups in total. The number of nitrogens with one attached hydrogen (secondary N) is 1. The summed E-state index contributed by atoms with van der Waals surface area (Å²) in [6, 6.07) is 0. The quantitative estimate of drug-likeness (QED) is 0.728. The highest BCUT2D eigenvalue weighted by atomic mass is 32.2. The zero-order chi connectivity index (χ0) is 12.2. The van der Waals surface area contributed by atoms with Crippen molar-refractivity contribution in [2.45, 2.75) is 6.54 Å². The van der Waals surface area contributed by atoms with Crippen LogP contribution in [0.2, 0.25) is 0 Å². The van der Waals surface area contributed by atoms with E-state index >= 15 is 0 Å². The monoisotopic (exact) mass is 246 g/mol. The Bertz CT molecular complexity index is 426. The lowest BCUT2D eigenvalue weighted by atomic mass is 10.4. The van der Waals surface area contributed by atoms with E-state index in [0.29, 0.717) is 13.1 Å². The van der Waals surface area contributed by atoms with E-state index in [1.165, 1.54) is 4.31 Å². The largest absolute Gasteiger partial charge is 0.319 e. The Labute approximate surface area is 96.3 Å². The van der Waals surface area contributed by atoms with Crippen molar-refractivity contribution in [1.29, 1.82) is 0 Å². The Morgan fingerprint density at radius 2 is 2.25 bits per heavy atom. The van der Waals surface area contributed by atoms with Crippen LogP contribution in [-0.4, -0.2) is 48.9 Å². The molecule has 1 rings (SSSR count). The highest BCUT2D eigenvalue weighted by Crippen LogP contribution is 2.06. The SMILES string of the molecule is CNCCS(=O)(=O)N(C)Cc1cnn(C)c1. The second-order valence-electron chi connectivity index (χ2n) is 3.70. The van der Waals surface area contributed by atoms with Crippen LogP contribution in [0.5, 0.6) is 0 Å². The highest BCUT2D eigenvalue weighted by Gasteiger charge is 2.17. The van der Waals surface area contributed by atoms with Gasteiger partial charge < -0.3 is 5.32 Å². The number of rotatable bonds is 6. The van der Waals surface area contributed by atoms with Crippen LogP contribution in [0.1, 0.15) is 5.56 Å². The van der Waals surface area contributed by atoms with Crippen molar-refractivity contribution in [2.75, 3.05) is 26.4 Å².